The number of rotatable bonds is 7. The maximum Gasteiger partial charge on any atom is 0.435 e. The number of alkyl halides is 3. The third kappa shape index (κ3) is 6.22. The molecule has 1 fully saturated rings. The summed E-state index contributed by atoms with van der Waals surface area (Å²) in [7, 11) is 1.56. The molecule has 1 saturated heterocycles. The van der Waals surface area contributed by atoms with Crippen molar-refractivity contribution in [1.29, 1.82) is 0 Å². The highest BCUT2D eigenvalue weighted by atomic mass is 19.4. The van der Waals surface area contributed by atoms with Crippen LogP contribution in [0.3, 0.4) is 0 Å². The molecular weight excluding hydrogens is 409 g/mol. The molecule has 1 amide bonds. The van der Waals surface area contributed by atoms with Gasteiger partial charge in [0, 0.05) is 31.3 Å². The van der Waals surface area contributed by atoms with E-state index in [2.05, 4.69) is 15.1 Å². The zero-order chi connectivity index (χ0) is 22.4. The van der Waals surface area contributed by atoms with Crippen molar-refractivity contribution in [2.24, 2.45) is 0 Å². The molecule has 0 radical (unpaired) electrons. The fourth-order valence-corrected chi connectivity index (χ4v) is 3.86. The third-order valence-electron chi connectivity index (χ3n) is 5.57. The molecule has 0 spiro atoms. The number of aromatic nitrogens is 2. The Balaban J connectivity index is 1.81. The summed E-state index contributed by atoms with van der Waals surface area (Å²) in [6.07, 6.45) is 0.0396. The van der Waals surface area contributed by atoms with E-state index >= 15 is 0 Å². The van der Waals surface area contributed by atoms with Crippen molar-refractivity contribution < 1.29 is 22.7 Å². The lowest BCUT2D eigenvalue weighted by atomic mass is 10.1. The molecule has 1 N–H and O–H groups in total. The van der Waals surface area contributed by atoms with Gasteiger partial charge in [0.05, 0.1) is 7.11 Å². The summed E-state index contributed by atoms with van der Waals surface area (Å²) in [6, 6.07) is 6.45. The number of ether oxygens (including phenoxy) is 1. The minimum absolute atomic E-state index is 0.171. The molecule has 0 atom stereocenters. The molecule has 1 aliphatic heterocycles. The van der Waals surface area contributed by atoms with E-state index in [0.717, 1.165) is 43.1 Å². The number of hydrogen-bond acceptors (Lipinski definition) is 4. The van der Waals surface area contributed by atoms with Crippen LogP contribution in [0.5, 0.6) is 5.75 Å². The first-order valence-electron chi connectivity index (χ1n) is 10.6. The van der Waals surface area contributed by atoms with Gasteiger partial charge in [-0.1, -0.05) is 30.5 Å². The Bertz CT molecular complexity index is 874. The number of H-pyrrole nitrogens is 1. The van der Waals surface area contributed by atoms with Gasteiger partial charge < -0.3 is 14.5 Å². The van der Waals surface area contributed by atoms with Gasteiger partial charge in [0.2, 0.25) is 0 Å². The first kappa shape index (κ1) is 23.1. The Morgan fingerprint density at radius 3 is 2.52 bits per heavy atom. The number of amides is 1. The van der Waals surface area contributed by atoms with E-state index in [1.807, 2.05) is 25.1 Å². The van der Waals surface area contributed by atoms with E-state index < -0.39 is 17.8 Å². The van der Waals surface area contributed by atoms with E-state index in [1.54, 1.807) is 12.0 Å². The number of methoxy groups -OCH3 is 1. The fraction of sp³-hybridized carbons (Fsp3) is 0.545. The van der Waals surface area contributed by atoms with Crippen LogP contribution in [0.4, 0.5) is 13.2 Å². The largest absolute Gasteiger partial charge is 0.496 e. The van der Waals surface area contributed by atoms with Gasteiger partial charge in [-0.2, -0.15) is 18.3 Å². The van der Waals surface area contributed by atoms with Crippen LogP contribution >= 0.6 is 0 Å². The van der Waals surface area contributed by atoms with Gasteiger partial charge in [0.1, 0.15) is 11.4 Å². The number of aromatic amines is 1. The second kappa shape index (κ2) is 10.2. The van der Waals surface area contributed by atoms with E-state index in [1.165, 1.54) is 12.8 Å². The second-order valence-corrected chi connectivity index (χ2v) is 7.96. The maximum atomic E-state index is 13.1. The maximum absolute atomic E-state index is 13.1. The molecule has 0 saturated carbocycles. The van der Waals surface area contributed by atoms with E-state index in [-0.39, 0.29) is 12.2 Å². The Morgan fingerprint density at radius 1 is 1.19 bits per heavy atom. The van der Waals surface area contributed by atoms with Crippen molar-refractivity contribution in [2.45, 2.75) is 45.3 Å². The number of carbonyl (C=O) groups excluding carboxylic acids is 1. The predicted octanol–water partition coefficient (Wildman–Crippen LogP) is 4.26. The summed E-state index contributed by atoms with van der Waals surface area (Å²) < 4.78 is 44.3. The lowest BCUT2D eigenvalue weighted by molar-refractivity contribution is -0.141. The Hall–Kier alpha value is -2.55. The summed E-state index contributed by atoms with van der Waals surface area (Å²) in [5.74, 6) is 0.125. The normalized spacial score (nSPS) is 15.5. The summed E-state index contributed by atoms with van der Waals surface area (Å²) >= 11 is 0. The van der Waals surface area contributed by atoms with Gasteiger partial charge in [0.25, 0.3) is 5.91 Å². The molecule has 2 heterocycles. The Labute approximate surface area is 180 Å². The van der Waals surface area contributed by atoms with Crippen LogP contribution in [0.1, 0.15) is 53.0 Å². The molecular formula is C22H29F3N4O2. The highest BCUT2D eigenvalue weighted by molar-refractivity contribution is 5.92. The Morgan fingerprint density at radius 2 is 1.90 bits per heavy atom. The molecule has 1 aromatic heterocycles. The van der Waals surface area contributed by atoms with Crippen LogP contribution in [0.2, 0.25) is 0 Å². The molecule has 0 unspecified atom stereocenters. The highest BCUT2D eigenvalue weighted by Gasteiger charge is 2.35. The van der Waals surface area contributed by atoms with Crippen LogP contribution in [0, 0.1) is 6.92 Å². The number of carbonyl (C=O) groups is 1. The summed E-state index contributed by atoms with van der Waals surface area (Å²) in [5.41, 5.74) is 0.546. The van der Waals surface area contributed by atoms with Crippen molar-refractivity contribution >= 4 is 5.91 Å². The predicted molar refractivity (Wildman–Crippen MR) is 111 cm³/mol. The van der Waals surface area contributed by atoms with E-state index in [9.17, 15) is 18.0 Å². The van der Waals surface area contributed by atoms with Crippen LogP contribution in [0.25, 0.3) is 0 Å². The third-order valence-corrected chi connectivity index (χ3v) is 5.57. The zero-order valence-corrected chi connectivity index (χ0v) is 18.0. The second-order valence-electron chi connectivity index (χ2n) is 7.96. The summed E-state index contributed by atoms with van der Waals surface area (Å²) in [6.45, 7) is 5.18. The van der Waals surface area contributed by atoms with Gasteiger partial charge in [-0.15, -0.1) is 0 Å². The van der Waals surface area contributed by atoms with E-state index in [4.69, 9.17) is 4.74 Å². The molecule has 0 aliphatic carbocycles. The van der Waals surface area contributed by atoms with Crippen molar-refractivity contribution in [3.05, 3.63) is 46.8 Å². The smallest absolute Gasteiger partial charge is 0.435 e. The van der Waals surface area contributed by atoms with Gasteiger partial charge in [-0.05, 0) is 38.9 Å². The van der Waals surface area contributed by atoms with Gasteiger partial charge in [0.15, 0.2) is 5.69 Å². The van der Waals surface area contributed by atoms with Crippen LogP contribution in [-0.2, 0) is 12.7 Å². The minimum atomic E-state index is -4.61. The average Bonchev–Trinajstić information content (AvgIpc) is 3.09. The van der Waals surface area contributed by atoms with Crippen molar-refractivity contribution in [1.82, 2.24) is 20.0 Å². The molecule has 0 bridgehead atoms. The molecule has 9 heteroatoms. The van der Waals surface area contributed by atoms with Gasteiger partial charge >= 0.3 is 6.18 Å². The quantitative estimate of drug-likeness (QED) is 0.702. The molecule has 1 aromatic carbocycles. The average molecular weight is 438 g/mol. The van der Waals surface area contributed by atoms with Crippen molar-refractivity contribution in [3.8, 4) is 5.75 Å². The lowest BCUT2D eigenvalue weighted by Crippen LogP contribution is -2.39. The summed E-state index contributed by atoms with van der Waals surface area (Å²) in [5, 5.41) is 5.54. The number of hydrogen-bond donors (Lipinski definition) is 1. The standard InChI is InChI=1S/C22H29F3N4O2/c1-16-7-8-19(31-2)17(13-16)15-29(12-11-28-9-5-3-4-6-10-28)21(30)18-14-20(27-26-18)22(23,24)25/h7-8,13-14H,3-6,9-12,15H2,1-2H3,(H,26,27). The first-order chi connectivity index (χ1) is 14.8. The first-order valence-corrected chi connectivity index (χ1v) is 10.6. The van der Waals surface area contributed by atoms with Crippen LogP contribution in [0.15, 0.2) is 24.3 Å². The van der Waals surface area contributed by atoms with Crippen molar-refractivity contribution in [3.63, 3.8) is 0 Å². The number of nitrogens with one attached hydrogen (secondary N) is 1. The molecule has 170 valence electrons. The SMILES string of the molecule is COc1ccc(C)cc1CN(CCN1CCCCCC1)C(=O)c1cc(C(F)(F)F)n[nH]1. The van der Waals surface area contributed by atoms with Gasteiger partial charge in [-0.25, -0.2) is 0 Å². The molecule has 6 nitrogen and oxygen atoms in total. The number of benzene rings is 1. The van der Waals surface area contributed by atoms with Crippen LogP contribution < -0.4 is 4.74 Å². The minimum Gasteiger partial charge on any atom is -0.496 e. The Kier molecular flexibility index (Phi) is 7.59. The topological polar surface area (TPSA) is 61.5 Å². The van der Waals surface area contributed by atoms with E-state index in [0.29, 0.717) is 18.8 Å². The van der Waals surface area contributed by atoms with Gasteiger partial charge in [-0.3, -0.25) is 9.89 Å². The summed E-state index contributed by atoms with van der Waals surface area (Å²) in [4.78, 5) is 17.0. The molecule has 2 aromatic rings. The van der Waals surface area contributed by atoms with Crippen LogP contribution in [-0.4, -0.2) is 59.2 Å². The monoisotopic (exact) mass is 438 g/mol. The zero-order valence-electron chi connectivity index (χ0n) is 18.0. The molecule has 1 aliphatic rings. The fourth-order valence-electron chi connectivity index (χ4n) is 3.86. The lowest BCUT2D eigenvalue weighted by Gasteiger charge is -2.27. The number of aryl methyl sites for hydroxylation is 1. The molecule has 31 heavy (non-hydrogen) atoms. The van der Waals surface area contributed by atoms with Crippen molar-refractivity contribution in [2.75, 3.05) is 33.3 Å². The number of nitrogens with zero attached hydrogens (tertiary/aromatic N) is 3. The molecule has 3 rings (SSSR count). The number of halogens is 3. The highest BCUT2D eigenvalue weighted by Crippen LogP contribution is 2.28. The number of likely N-dealkylation sites (tertiary alicyclic amines) is 1.